The number of hydrogen-bond acceptors (Lipinski definition) is 5. The van der Waals surface area contributed by atoms with Crippen LogP contribution in [0.15, 0.2) is 47.4 Å². The van der Waals surface area contributed by atoms with E-state index in [4.69, 9.17) is 4.74 Å². The fourth-order valence-corrected chi connectivity index (χ4v) is 3.83. The van der Waals surface area contributed by atoms with E-state index < -0.39 is 27.0 Å². The quantitative estimate of drug-likeness (QED) is 0.687. The Morgan fingerprint density at radius 3 is 2.17 bits per heavy atom. The predicted molar refractivity (Wildman–Crippen MR) is 108 cm³/mol. The topological polar surface area (TPSA) is 77.5 Å². The number of carbonyl (C=O) groups excluding carboxylic acids is 2. The van der Waals surface area contributed by atoms with E-state index in [-0.39, 0.29) is 27.6 Å². The first-order valence-corrected chi connectivity index (χ1v) is 11.0. The van der Waals surface area contributed by atoms with Crippen LogP contribution in [0.25, 0.3) is 11.3 Å². The third-order valence-electron chi connectivity index (χ3n) is 5.12. The summed E-state index contributed by atoms with van der Waals surface area (Å²) in [6, 6.07) is 10.00. The Balaban J connectivity index is 2.19. The molecular weight excluding hydrogens is 395 g/mol. The van der Waals surface area contributed by atoms with Gasteiger partial charge in [-0.2, -0.15) is 0 Å². The number of Topliss-reactive ketones (excluding diaryl/α,β-unsaturated/α-hetero) is 2. The summed E-state index contributed by atoms with van der Waals surface area (Å²) in [5.41, 5.74) is -0.157. The molecule has 1 aliphatic heterocycles. The SMILES string of the molecule is CCC1(C)OC(c2ccc(S(C)(=O)=O)cc2)=C(c2ccc(C(C)=O)c(F)c2)C1=O. The van der Waals surface area contributed by atoms with Crippen molar-refractivity contribution in [1.82, 2.24) is 0 Å². The van der Waals surface area contributed by atoms with E-state index in [0.717, 1.165) is 12.3 Å². The van der Waals surface area contributed by atoms with E-state index >= 15 is 0 Å². The highest BCUT2D eigenvalue weighted by molar-refractivity contribution is 7.90. The smallest absolute Gasteiger partial charge is 0.210 e. The average molecular weight is 416 g/mol. The van der Waals surface area contributed by atoms with Crippen LogP contribution in [-0.4, -0.2) is 31.8 Å². The van der Waals surface area contributed by atoms with Crippen LogP contribution in [0.3, 0.4) is 0 Å². The van der Waals surface area contributed by atoms with Gasteiger partial charge in [-0.05, 0) is 62.2 Å². The van der Waals surface area contributed by atoms with Crippen molar-refractivity contribution in [3.63, 3.8) is 0 Å². The summed E-state index contributed by atoms with van der Waals surface area (Å²) in [4.78, 5) is 24.8. The fraction of sp³-hybridized carbons (Fsp3) is 0.273. The van der Waals surface area contributed by atoms with Gasteiger partial charge in [0.15, 0.2) is 21.2 Å². The molecule has 0 aromatic heterocycles. The Labute approximate surface area is 169 Å². The minimum Gasteiger partial charge on any atom is -0.478 e. The highest BCUT2D eigenvalue weighted by Crippen LogP contribution is 2.43. The number of halogens is 1. The third kappa shape index (κ3) is 3.74. The van der Waals surface area contributed by atoms with Crippen LogP contribution in [0.1, 0.15) is 48.7 Å². The summed E-state index contributed by atoms with van der Waals surface area (Å²) in [5.74, 6) is -1.16. The molecule has 0 bridgehead atoms. The van der Waals surface area contributed by atoms with Crippen LogP contribution in [-0.2, 0) is 19.4 Å². The van der Waals surface area contributed by atoms with Crippen molar-refractivity contribution < 1.29 is 27.1 Å². The molecule has 1 atom stereocenters. The normalized spacial score (nSPS) is 19.4. The van der Waals surface area contributed by atoms with E-state index in [2.05, 4.69) is 0 Å². The summed E-state index contributed by atoms with van der Waals surface area (Å²) in [7, 11) is -3.37. The second kappa shape index (κ2) is 7.22. The van der Waals surface area contributed by atoms with E-state index in [9.17, 15) is 22.4 Å². The standard InChI is InChI=1S/C22H21FO5S/c1-5-22(3)21(25)19(15-8-11-17(13(2)24)18(23)12-15)20(28-22)14-6-9-16(10-7-14)29(4,26)27/h6-12H,5H2,1-4H3. The monoisotopic (exact) mass is 416 g/mol. The Kier molecular flexibility index (Phi) is 5.21. The number of ether oxygens (including phenoxy) is 1. The van der Waals surface area contributed by atoms with E-state index in [1.54, 1.807) is 19.1 Å². The van der Waals surface area contributed by atoms with Gasteiger partial charge in [-0.15, -0.1) is 0 Å². The Hall–Kier alpha value is -2.80. The molecule has 7 heteroatoms. The summed E-state index contributed by atoms with van der Waals surface area (Å²) in [6.07, 6.45) is 1.50. The zero-order chi connectivity index (χ0) is 21.6. The molecule has 0 spiro atoms. The van der Waals surface area contributed by atoms with Gasteiger partial charge in [-0.1, -0.05) is 13.0 Å². The van der Waals surface area contributed by atoms with Crippen molar-refractivity contribution in [3.05, 3.63) is 65.0 Å². The Morgan fingerprint density at radius 2 is 1.69 bits per heavy atom. The Bertz CT molecular complexity index is 1150. The number of rotatable bonds is 5. The van der Waals surface area contributed by atoms with Gasteiger partial charge in [0, 0.05) is 11.8 Å². The highest BCUT2D eigenvalue weighted by atomic mass is 32.2. The molecule has 1 aliphatic rings. The molecule has 0 amide bonds. The molecule has 1 heterocycles. The molecule has 152 valence electrons. The van der Waals surface area contributed by atoms with Crippen LogP contribution in [0.4, 0.5) is 4.39 Å². The summed E-state index contributed by atoms with van der Waals surface area (Å²) in [6.45, 7) is 4.74. The predicted octanol–water partition coefficient (Wildman–Crippen LogP) is 4.07. The summed E-state index contributed by atoms with van der Waals surface area (Å²) in [5, 5.41) is 0. The lowest BCUT2D eigenvalue weighted by Gasteiger charge is -2.21. The van der Waals surface area contributed by atoms with Gasteiger partial charge in [-0.3, -0.25) is 9.59 Å². The summed E-state index contributed by atoms with van der Waals surface area (Å²) < 4.78 is 43.8. The van der Waals surface area contributed by atoms with Crippen LogP contribution in [0.2, 0.25) is 0 Å². The largest absolute Gasteiger partial charge is 0.478 e. The zero-order valence-corrected chi connectivity index (χ0v) is 17.4. The van der Waals surface area contributed by atoms with Gasteiger partial charge in [-0.25, -0.2) is 12.8 Å². The molecule has 29 heavy (non-hydrogen) atoms. The van der Waals surface area contributed by atoms with E-state index in [1.807, 2.05) is 6.92 Å². The molecule has 0 saturated carbocycles. The average Bonchev–Trinajstić information content (AvgIpc) is 2.92. The lowest BCUT2D eigenvalue weighted by Crippen LogP contribution is -2.32. The maximum Gasteiger partial charge on any atom is 0.210 e. The van der Waals surface area contributed by atoms with Crippen molar-refractivity contribution in [2.45, 2.75) is 37.7 Å². The molecule has 2 aromatic rings. The molecule has 1 unspecified atom stereocenters. The zero-order valence-electron chi connectivity index (χ0n) is 16.6. The summed E-state index contributed by atoms with van der Waals surface area (Å²) >= 11 is 0. The molecule has 0 aliphatic carbocycles. The number of carbonyl (C=O) groups is 2. The van der Waals surface area contributed by atoms with Crippen LogP contribution in [0.5, 0.6) is 0 Å². The number of benzene rings is 2. The second-order valence-corrected chi connectivity index (χ2v) is 9.28. The fourth-order valence-electron chi connectivity index (χ4n) is 3.20. The maximum absolute atomic E-state index is 14.4. The molecule has 5 nitrogen and oxygen atoms in total. The van der Waals surface area contributed by atoms with Gasteiger partial charge in [0.2, 0.25) is 5.78 Å². The number of ketones is 2. The van der Waals surface area contributed by atoms with Gasteiger partial charge < -0.3 is 4.74 Å². The molecule has 0 fully saturated rings. The molecule has 0 radical (unpaired) electrons. The first kappa shape index (κ1) is 20.9. The first-order valence-electron chi connectivity index (χ1n) is 9.07. The second-order valence-electron chi connectivity index (χ2n) is 7.27. The van der Waals surface area contributed by atoms with Crippen molar-refractivity contribution in [2.24, 2.45) is 0 Å². The maximum atomic E-state index is 14.4. The van der Waals surface area contributed by atoms with E-state index in [0.29, 0.717) is 17.5 Å². The first-order chi connectivity index (χ1) is 13.5. The van der Waals surface area contributed by atoms with Gasteiger partial charge in [0.25, 0.3) is 0 Å². The molecule has 2 aromatic carbocycles. The molecule has 0 saturated heterocycles. The minimum absolute atomic E-state index is 0.0574. The van der Waals surface area contributed by atoms with Crippen molar-refractivity contribution in [3.8, 4) is 0 Å². The lowest BCUT2D eigenvalue weighted by molar-refractivity contribution is -0.126. The number of hydrogen-bond donors (Lipinski definition) is 0. The van der Waals surface area contributed by atoms with Crippen LogP contribution < -0.4 is 0 Å². The third-order valence-corrected chi connectivity index (χ3v) is 6.25. The number of sulfone groups is 1. The van der Waals surface area contributed by atoms with Gasteiger partial charge in [0.05, 0.1) is 16.0 Å². The molecular formula is C22H21FO5S. The van der Waals surface area contributed by atoms with Crippen molar-refractivity contribution in [2.75, 3.05) is 6.26 Å². The van der Waals surface area contributed by atoms with Gasteiger partial charge >= 0.3 is 0 Å². The van der Waals surface area contributed by atoms with Crippen LogP contribution in [0, 0.1) is 5.82 Å². The molecule has 0 N–H and O–H groups in total. The lowest BCUT2D eigenvalue weighted by atomic mass is 9.89. The Morgan fingerprint density at radius 1 is 1.10 bits per heavy atom. The van der Waals surface area contributed by atoms with Crippen molar-refractivity contribution >= 4 is 32.7 Å². The molecule has 3 rings (SSSR count). The van der Waals surface area contributed by atoms with Crippen molar-refractivity contribution in [1.29, 1.82) is 0 Å². The minimum atomic E-state index is -3.37. The highest BCUT2D eigenvalue weighted by Gasteiger charge is 2.45. The van der Waals surface area contributed by atoms with E-state index in [1.165, 1.54) is 31.2 Å². The van der Waals surface area contributed by atoms with Crippen LogP contribution >= 0.6 is 0 Å². The van der Waals surface area contributed by atoms with Gasteiger partial charge in [0.1, 0.15) is 11.6 Å².